The molecule has 12 heteroatoms. The lowest BCUT2D eigenvalue weighted by Crippen LogP contribution is -2.32. The maximum Gasteiger partial charge on any atom is 0.309 e. The quantitative estimate of drug-likeness (QED) is 0.418. The van der Waals surface area contributed by atoms with E-state index in [2.05, 4.69) is 26.2 Å². The normalized spacial score (nSPS) is 12.8. The van der Waals surface area contributed by atoms with Gasteiger partial charge in [-0.05, 0) is 47.0 Å². The van der Waals surface area contributed by atoms with Gasteiger partial charge < -0.3 is 9.88 Å². The van der Waals surface area contributed by atoms with Crippen LogP contribution in [-0.4, -0.2) is 57.0 Å². The van der Waals surface area contributed by atoms with E-state index in [4.69, 9.17) is 0 Å². The second-order valence-electron chi connectivity index (χ2n) is 7.18. The highest BCUT2D eigenvalue weighted by atomic mass is 79.9. The fourth-order valence-corrected chi connectivity index (χ4v) is 6.07. The molecule has 0 aliphatic carbocycles. The first-order chi connectivity index (χ1) is 15.1. The molecule has 32 heavy (non-hydrogen) atoms. The van der Waals surface area contributed by atoms with E-state index >= 15 is 0 Å². The van der Waals surface area contributed by atoms with E-state index in [9.17, 15) is 17.4 Å². The van der Waals surface area contributed by atoms with Crippen molar-refractivity contribution in [2.75, 3.05) is 20.6 Å². The van der Waals surface area contributed by atoms with E-state index in [0.717, 1.165) is 12.8 Å². The van der Waals surface area contributed by atoms with Crippen molar-refractivity contribution < 1.29 is 17.4 Å². The molecule has 0 spiro atoms. The van der Waals surface area contributed by atoms with Crippen LogP contribution in [0.15, 0.2) is 63.3 Å². The SMILES string of the molecule is CN(C)S(=O)(=O)n1c(CCCNC(=O)c2cc(Br)cn2C)cnc1S(=O)c1ccccc1. The Labute approximate surface area is 198 Å². The van der Waals surface area contributed by atoms with E-state index < -0.39 is 21.0 Å². The fraction of sp³-hybridized carbons (Fsp3) is 0.300. The van der Waals surface area contributed by atoms with Gasteiger partial charge in [-0.15, -0.1) is 0 Å². The van der Waals surface area contributed by atoms with Crippen LogP contribution in [0.5, 0.6) is 0 Å². The van der Waals surface area contributed by atoms with Gasteiger partial charge in [0.2, 0.25) is 5.16 Å². The Balaban J connectivity index is 1.78. The summed E-state index contributed by atoms with van der Waals surface area (Å²) in [5, 5.41) is 2.77. The van der Waals surface area contributed by atoms with Gasteiger partial charge in [0.25, 0.3) is 5.91 Å². The molecule has 2 heterocycles. The van der Waals surface area contributed by atoms with Gasteiger partial charge in [-0.25, -0.2) is 13.2 Å². The number of benzene rings is 1. The number of carbonyl (C=O) groups is 1. The zero-order valence-corrected chi connectivity index (χ0v) is 21.1. The Kier molecular flexibility index (Phi) is 7.70. The van der Waals surface area contributed by atoms with Gasteiger partial charge in [0.15, 0.2) is 0 Å². The average molecular weight is 542 g/mol. The predicted octanol–water partition coefficient (Wildman–Crippen LogP) is 2.17. The lowest BCUT2D eigenvalue weighted by molar-refractivity contribution is 0.0945. The molecule has 0 fully saturated rings. The minimum Gasteiger partial charge on any atom is -0.351 e. The molecular formula is C20H24BrN5O4S2. The van der Waals surface area contributed by atoms with Gasteiger partial charge in [-0.1, -0.05) is 18.2 Å². The van der Waals surface area contributed by atoms with Crippen molar-refractivity contribution in [3.8, 4) is 0 Å². The summed E-state index contributed by atoms with van der Waals surface area (Å²) in [6.45, 7) is 0.339. The molecule has 0 saturated heterocycles. The molecule has 0 radical (unpaired) electrons. The zero-order valence-electron chi connectivity index (χ0n) is 17.9. The van der Waals surface area contributed by atoms with E-state index in [0.29, 0.717) is 35.7 Å². The number of nitrogens with one attached hydrogen (secondary N) is 1. The molecule has 172 valence electrons. The largest absolute Gasteiger partial charge is 0.351 e. The van der Waals surface area contributed by atoms with Crippen LogP contribution in [0.25, 0.3) is 0 Å². The van der Waals surface area contributed by atoms with Crippen LogP contribution in [0.2, 0.25) is 0 Å². The van der Waals surface area contributed by atoms with Gasteiger partial charge >= 0.3 is 10.2 Å². The second kappa shape index (κ2) is 10.1. The number of rotatable bonds is 9. The lowest BCUT2D eigenvalue weighted by Gasteiger charge is -2.17. The highest BCUT2D eigenvalue weighted by Gasteiger charge is 2.28. The summed E-state index contributed by atoms with van der Waals surface area (Å²) in [7, 11) is -1.12. The summed E-state index contributed by atoms with van der Waals surface area (Å²) in [6.07, 6.45) is 4.01. The Bertz CT molecular complexity index is 1240. The topological polar surface area (TPSA) is 106 Å². The van der Waals surface area contributed by atoms with Crippen LogP contribution in [0.4, 0.5) is 0 Å². The van der Waals surface area contributed by atoms with Crippen molar-refractivity contribution in [2.45, 2.75) is 22.9 Å². The summed E-state index contributed by atoms with van der Waals surface area (Å²) in [4.78, 5) is 17.0. The summed E-state index contributed by atoms with van der Waals surface area (Å²) < 4.78 is 43.6. The standard InChI is InChI=1S/C20H24BrN5O4S2/c1-24(2)32(29,30)26-16(13-23-20(26)31(28)17-9-5-4-6-10-17)8-7-11-22-19(27)18-12-15(21)14-25(18)3/h4-6,9-10,12-14H,7-8,11H2,1-3H3,(H,22,27). The highest BCUT2D eigenvalue weighted by molar-refractivity contribution is 9.10. The first kappa shape index (κ1) is 24.4. The van der Waals surface area contributed by atoms with Crippen LogP contribution < -0.4 is 5.32 Å². The van der Waals surface area contributed by atoms with Crippen LogP contribution >= 0.6 is 15.9 Å². The minimum absolute atomic E-state index is 0.0578. The third kappa shape index (κ3) is 5.20. The third-order valence-electron chi connectivity index (χ3n) is 4.67. The van der Waals surface area contributed by atoms with Crippen molar-refractivity contribution in [3.63, 3.8) is 0 Å². The number of aromatic nitrogens is 3. The van der Waals surface area contributed by atoms with Gasteiger partial charge in [0.05, 0.1) is 11.9 Å². The Morgan fingerprint density at radius 1 is 1.25 bits per heavy atom. The van der Waals surface area contributed by atoms with Crippen LogP contribution in [0.1, 0.15) is 22.6 Å². The van der Waals surface area contributed by atoms with Crippen molar-refractivity contribution in [2.24, 2.45) is 7.05 Å². The average Bonchev–Trinajstić information content (AvgIpc) is 3.34. The molecular weight excluding hydrogens is 518 g/mol. The molecule has 0 aliphatic heterocycles. The molecule has 0 aliphatic rings. The number of imidazole rings is 1. The summed E-state index contributed by atoms with van der Waals surface area (Å²) in [5.74, 6) is -0.224. The maximum absolute atomic E-state index is 13.0. The van der Waals surface area contributed by atoms with E-state index in [1.807, 2.05) is 0 Å². The molecule has 1 atom stereocenters. The smallest absolute Gasteiger partial charge is 0.309 e. The molecule has 3 rings (SSSR count). The number of aryl methyl sites for hydroxylation is 2. The van der Waals surface area contributed by atoms with Gasteiger partial charge in [-0.2, -0.15) is 12.7 Å². The number of carbonyl (C=O) groups excluding carboxylic acids is 1. The highest BCUT2D eigenvalue weighted by Crippen LogP contribution is 2.21. The second-order valence-corrected chi connectivity index (χ2v) is 11.5. The summed E-state index contributed by atoms with van der Waals surface area (Å²) in [5.41, 5.74) is 0.909. The predicted molar refractivity (Wildman–Crippen MR) is 125 cm³/mol. The number of halogens is 1. The van der Waals surface area contributed by atoms with E-state index in [1.165, 1.54) is 20.3 Å². The summed E-state index contributed by atoms with van der Waals surface area (Å²) >= 11 is 3.34. The monoisotopic (exact) mass is 541 g/mol. The maximum atomic E-state index is 13.0. The lowest BCUT2D eigenvalue weighted by atomic mass is 10.2. The van der Waals surface area contributed by atoms with Crippen molar-refractivity contribution in [3.05, 3.63) is 64.7 Å². The molecule has 2 aromatic heterocycles. The zero-order chi connectivity index (χ0) is 23.5. The molecule has 0 bridgehead atoms. The van der Waals surface area contributed by atoms with Crippen LogP contribution in [0.3, 0.4) is 0 Å². The molecule has 3 aromatic rings. The Morgan fingerprint density at radius 3 is 2.53 bits per heavy atom. The first-order valence-corrected chi connectivity index (χ1v) is 13.0. The summed E-state index contributed by atoms with van der Waals surface area (Å²) in [6, 6.07) is 10.3. The Morgan fingerprint density at radius 2 is 1.94 bits per heavy atom. The number of hydrogen-bond acceptors (Lipinski definition) is 5. The van der Waals surface area contributed by atoms with E-state index in [-0.39, 0.29) is 11.1 Å². The number of hydrogen-bond donors (Lipinski definition) is 1. The van der Waals surface area contributed by atoms with Gasteiger partial charge in [0.1, 0.15) is 16.5 Å². The Hall–Kier alpha value is -2.28. The van der Waals surface area contributed by atoms with E-state index in [1.54, 1.807) is 54.2 Å². The molecule has 1 amide bonds. The molecule has 0 saturated carbocycles. The van der Waals surface area contributed by atoms with Crippen LogP contribution in [0, 0.1) is 0 Å². The first-order valence-electron chi connectivity index (χ1n) is 9.69. The third-order valence-corrected chi connectivity index (χ3v) is 8.33. The molecule has 9 nitrogen and oxygen atoms in total. The molecule has 1 unspecified atom stereocenters. The van der Waals surface area contributed by atoms with Crippen molar-refractivity contribution >= 4 is 42.8 Å². The van der Waals surface area contributed by atoms with Crippen LogP contribution in [-0.2, 0) is 34.5 Å². The fourth-order valence-electron chi connectivity index (χ4n) is 3.02. The number of nitrogens with zero attached hydrogens (tertiary/aromatic N) is 4. The van der Waals surface area contributed by atoms with Crippen molar-refractivity contribution in [1.82, 2.24) is 23.1 Å². The molecule has 1 aromatic carbocycles. The van der Waals surface area contributed by atoms with Gasteiger partial charge in [-0.3, -0.25) is 4.79 Å². The molecule has 1 N–H and O–H groups in total. The van der Waals surface area contributed by atoms with Crippen molar-refractivity contribution in [1.29, 1.82) is 0 Å². The number of amides is 1. The van der Waals surface area contributed by atoms with Gasteiger partial charge in [0, 0.05) is 43.3 Å². The minimum atomic E-state index is -3.95.